The Morgan fingerprint density at radius 2 is 2.06 bits per heavy atom. The third-order valence-electron chi connectivity index (χ3n) is 6.73. The molecule has 1 saturated carbocycles. The molecule has 0 bridgehead atoms. The van der Waals surface area contributed by atoms with Gasteiger partial charge >= 0.3 is 0 Å². The van der Waals surface area contributed by atoms with E-state index in [-0.39, 0.29) is 18.0 Å². The topological polar surface area (TPSA) is 127 Å². The minimum atomic E-state index is -2.74. The average molecular weight is 505 g/mol. The van der Waals surface area contributed by atoms with Crippen LogP contribution in [0.25, 0.3) is 10.9 Å². The molecule has 9 nitrogen and oxygen atoms in total. The number of aromatic nitrogens is 3. The summed E-state index contributed by atoms with van der Waals surface area (Å²) in [6.45, 7) is 0.246. The maximum atomic E-state index is 13.1. The van der Waals surface area contributed by atoms with Gasteiger partial charge in [-0.2, -0.15) is 15.7 Å². The number of nitrogens with one attached hydrogen (secondary N) is 1. The number of carbonyl (C=O) groups is 1. The van der Waals surface area contributed by atoms with Crippen molar-refractivity contribution in [3.8, 4) is 5.88 Å². The fourth-order valence-corrected chi connectivity index (χ4v) is 7.10. The van der Waals surface area contributed by atoms with Gasteiger partial charge in [0.1, 0.15) is 17.2 Å². The molecule has 1 saturated heterocycles. The highest BCUT2D eigenvalue weighted by Gasteiger charge is 2.62. The van der Waals surface area contributed by atoms with E-state index in [0.717, 1.165) is 5.56 Å². The Morgan fingerprint density at radius 3 is 2.76 bits per heavy atom. The number of nitrogens with zero attached hydrogens (tertiary/aromatic N) is 3. The van der Waals surface area contributed by atoms with Crippen LogP contribution in [0.3, 0.4) is 0 Å². The van der Waals surface area contributed by atoms with Gasteiger partial charge in [0.25, 0.3) is 17.3 Å². The smallest absolute Gasteiger partial charge is 0.263 e. The minimum absolute atomic E-state index is 0.0200. The summed E-state index contributed by atoms with van der Waals surface area (Å²) in [6, 6.07) is 8.55. The number of halogens is 1. The Labute approximate surface area is 202 Å². The maximum absolute atomic E-state index is 13.1. The summed E-state index contributed by atoms with van der Waals surface area (Å²) in [4.78, 5) is 25.9. The standard InChI is InChI=1S/C23H25ClN4O5S/c1-28-19-15(11-17(22(28)30)20(29)25-12-14-4-6-16(24)7-5-14)13-26-27-21(19)33-18-3-2-10-34(31,32)23(18)8-9-23/h4-7,11,13,18,31-32H,2-3,8-10,12H2,1H3,(H,25,29). The molecule has 180 valence electrons. The number of hydrogen-bond acceptors (Lipinski definition) is 7. The lowest BCUT2D eigenvalue weighted by molar-refractivity contribution is 0.0949. The van der Waals surface area contributed by atoms with Crippen molar-refractivity contribution in [2.45, 2.75) is 43.1 Å². The molecule has 1 unspecified atom stereocenters. The molecule has 1 atom stereocenters. The Morgan fingerprint density at radius 1 is 1.32 bits per heavy atom. The number of hydrogen-bond donors (Lipinski definition) is 3. The zero-order valence-electron chi connectivity index (χ0n) is 18.5. The van der Waals surface area contributed by atoms with Gasteiger partial charge in [-0.3, -0.25) is 18.7 Å². The first-order chi connectivity index (χ1) is 16.2. The van der Waals surface area contributed by atoms with E-state index in [1.807, 2.05) is 0 Å². The number of aryl methyl sites for hydroxylation is 1. The van der Waals surface area contributed by atoms with Gasteiger partial charge in [0.15, 0.2) is 0 Å². The molecule has 1 aromatic carbocycles. The lowest BCUT2D eigenvalue weighted by Gasteiger charge is -2.48. The van der Waals surface area contributed by atoms with Gasteiger partial charge in [-0.25, -0.2) is 0 Å². The summed E-state index contributed by atoms with van der Waals surface area (Å²) < 4.78 is 28.0. The Bertz CT molecular complexity index is 1320. The largest absolute Gasteiger partial charge is 0.470 e. The molecular weight excluding hydrogens is 480 g/mol. The summed E-state index contributed by atoms with van der Waals surface area (Å²) in [5, 5.41) is 12.0. The van der Waals surface area contributed by atoms with Crippen molar-refractivity contribution in [1.82, 2.24) is 20.1 Å². The van der Waals surface area contributed by atoms with E-state index >= 15 is 0 Å². The molecule has 1 aliphatic carbocycles. The normalized spacial score (nSPS) is 21.2. The first-order valence-corrected chi connectivity index (χ1v) is 13.1. The number of carbonyl (C=O) groups excluding carboxylic acids is 1. The number of fused-ring (bicyclic) bond motifs is 1. The van der Waals surface area contributed by atoms with Crippen molar-refractivity contribution in [3.63, 3.8) is 0 Å². The van der Waals surface area contributed by atoms with Crippen molar-refractivity contribution in [3.05, 3.63) is 63.0 Å². The second-order valence-electron chi connectivity index (χ2n) is 8.87. The van der Waals surface area contributed by atoms with E-state index < -0.39 is 32.9 Å². The zero-order valence-corrected chi connectivity index (χ0v) is 20.1. The molecule has 1 aliphatic heterocycles. The maximum Gasteiger partial charge on any atom is 0.263 e. The highest BCUT2D eigenvalue weighted by molar-refractivity contribution is 8.25. The van der Waals surface area contributed by atoms with E-state index in [9.17, 15) is 18.7 Å². The first-order valence-electron chi connectivity index (χ1n) is 11.0. The minimum Gasteiger partial charge on any atom is -0.470 e. The molecule has 2 aliphatic rings. The fraction of sp³-hybridized carbons (Fsp3) is 0.391. The molecule has 1 spiro atoms. The van der Waals surface area contributed by atoms with Crippen LogP contribution in [0.2, 0.25) is 5.02 Å². The lowest BCUT2D eigenvalue weighted by Crippen LogP contribution is -2.43. The van der Waals surface area contributed by atoms with Crippen LogP contribution in [0, 0.1) is 0 Å². The highest BCUT2D eigenvalue weighted by Crippen LogP contribution is 2.70. The van der Waals surface area contributed by atoms with Crippen LogP contribution in [-0.2, 0) is 13.6 Å². The zero-order chi connectivity index (χ0) is 24.1. The summed E-state index contributed by atoms with van der Waals surface area (Å²) >= 11 is 5.89. The molecule has 1 amide bonds. The number of pyridine rings is 1. The second-order valence-corrected chi connectivity index (χ2v) is 11.9. The van der Waals surface area contributed by atoms with Crippen LogP contribution < -0.4 is 15.6 Å². The SMILES string of the molecule is Cn1c(=O)c(C(=O)NCc2ccc(Cl)cc2)cc2cnnc(OC3CCCS(O)(O)C34CC4)c21. The molecular formula is C23H25ClN4O5S. The molecule has 2 aromatic heterocycles. The van der Waals surface area contributed by atoms with Crippen LogP contribution >= 0.6 is 22.2 Å². The number of benzene rings is 1. The van der Waals surface area contributed by atoms with Crippen LogP contribution in [0.5, 0.6) is 5.88 Å². The lowest BCUT2D eigenvalue weighted by atomic mass is 10.1. The number of rotatable bonds is 5. The van der Waals surface area contributed by atoms with Crippen molar-refractivity contribution >= 4 is 39.0 Å². The predicted octanol–water partition coefficient (Wildman–Crippen LogP) is 3.74. The van der Waals surface area contributed by atoms with Gasteiger partial charge in [-0.15, -0.1) is 5.10 Å². The van der Waals surface area contributed by atoms with Gasteiger partial charge in [0.05, 0.1) is 10.9 Å². The van der Waals surface area contributed by atoms with Crippen molar-refractivity contribution in [2.24, 2.45) is 7.05 Å². The van der Waals surface area contributed by atoms with Gasteiger partial charge in [0, 0.05) is 29.8 Å². The molecule has 3 aromatic rings. The summed E-state index contributed by atoms with van der Waals surface area (Å²) in [5.74, 6) is 0.0367. The quantitative estimate of drug-likeness (QED) is 0.483. The third-order valence-corrected chi connectivity index (χ3v) is 9.82. The summed E-state index contributed by atoms with van der Waals surface area (Å²) in [7, 11) is -1.19. The molecule has 3 N–H and O–H groups in total. The summed E-state index contributed by atoms with van der Waals surface area (Å²) in [6.07, 6.45) is 3.75. The van der Waals surface area contributed by atoms with Crippen LogP contribution in [0.4, 0.5) is 0 Å². The molecule has 0 radical (unpaired) electrons. The Balaban J connectivity index is 1.43. The highest BCUT2D eigenvalue weighted by atomic mass is 35.5. The van der Waals surface area contributed by atoms with E-state index in [2.05, 4.69) is 15.5 Å². The van der Waals surface area contributed by atoms with E-state index in [1.54, 1.807) is 31.3 Å². The summed E-state index contributed by atoms with van der Waals surface area (Å²) in [5.41, 5.74) is 0.748. The number of ether oxygens (including phenoxy) is 1. The molecule has 34 heavy (non-hydrogen) atoms. The van der Waals surface area contributed by atoms with Crippen molar-refractivity contribution in [2.75, 3.05) is 5.75 Å². The first kappa shape index (κ1) is 23.1. The van der Waals surface area contributed by atoms with Gasteiger partial charge in [-0.05, 0) is 49.4 Å². The predicted molar refractivity (Wildman–Crippen MR) is 131 cm³/mol. The monoisotopic (exact) mass is 504 g/mol. The third kappa shape index (κ3) is 3.94. The Hall–Kier alpha value is -2.66. The van der Waals surface area contributed by atoms with Crippen LogP contribution in [-0.4, -0.2) is 46.4 Å². The fourth-order valence-electron chi connectivity index (χ4n) is 4.66. The van der Waals surface area contributed by atoms with Crippen LogP contribution in [0.15, 0.2) is 41.3 Å². The van der Waals surface area contributed by atoms with Crippen molar-refractivity contribution < 1.29 is 18.6 Å². The molecule has 3 heterocycles. The second kappa shape index (κ2) is 8.53. The van der Waals surface area contributed by atoms with Gasteiger partial charge in [0.2, 0.25) is 0 Å². The van der Waals surface area contributed by atoms with Gasteiger partial charge < -0.3 is 14.6 Å². The van der Waals surface area contributed by atoms with E-state index in [1.165, 1.54) is 16.8 Å². The molecule has 2 fully saturated rings. The molecule has 11 heteroatoms. The van der Waals surface area contributed by atoms with E-state index in [0.29, 0.717) is 47.4 Å². The molecule has 5 rings (SSSR count). The van der Waals surface area contributed by atoms with Gasteiger partial charge in [-0.1, -0.05) is 23.7 Å². The average Bonchev–Trinajstić information content (AvgIpc) is 3.61. The van der Waals surface area contributed by atoms with E-state index in [4.69, 9.17) is 16.3 Å². The van der Waals surface area contributed by atoms with Crippen LogP contribution in [0.1, 0.15) is 41.6 Å². The Kier molecular flexibility index (Phi) is 5.79. The van der Waals surface area contributed by atoms with Crippen molar-refractivity contribution in [1.29, 1.82) is 0 Å². The number of amides is 1.